The summed E-state index contributed by atoms with van der Waals surface area (Å²) in [5, 5.41) is 1.04. The van der Waals surface area contributed by atoms with E-state index in [1.165, 1.54) is 0 Å². The molecule has 0 aromatic heterocycles. The average Bonchev–Trinajstić information content (AvgIpc) is 2.12. The van der Waals surface area contributed by atoms with Crippen molar-refractivity contribution in [3.63, 3.8) is 0 Å². The van der Waals surface area contributed by atoms with Gasteiger partial charge in [-0.3, -0.25) is 0 Å². The first kappa shape index (κ1) is 18.5. The first-order valence-corrected chi connectivity index (χ1v) is 19.3. The first-order chi connectivity index (χ1) is 7.85. The molecule has 0 aliphatic rings. The van der Waals surface area contributed by atoms with Crippen LogP contribution in [0.5, 0.6) is 0 Å². The van der Waals surface area contributed by atoms with E-state index < -0.39 is 18.0 Å². The maximum Gasteiger partial charge on any atom is 0.372 e. The van der Waals surface area contributed by atoms with E-state index in [-0.39, 0.29) is 0 Å². The second-order valence-electron chi connectivity index (χ2n) is 3.22. The van der Waals surface area contributed by atoms with Crippen LogP contribution in [0, 0.1) is 0 Å². The van der Waals surface area contributed by atoms with Gasteiger partial charge < -0.3 is 0 Å². The van der Waals surface area contributed by atoms with Crippen molar-refractivity contribution >= 4 is 133 Å². The standard InChI is InChI=1S/C6H3Cl9Si3/c7-16(8,9)4-2-1-3-5(17(10,11)12)6(4)18(13,14)15/h1-3H. The predicted molar refractivity (Wildman–Crippen MR) is 95.3 cm³/mol. The van der Waals surface area contributed by atoms with E-state index in [4.69, 9.17) is 99.7 Å². The van der Waals surface area contributed by atoms with Crippen molar-refractivity contribution in [3.8, 4) is 0 Å². The van der Waals surface area contributed by atoms with E-state index in [1.54, 1.807) is 18.2 Å². The molecule has 0 aliphatic carbocycles. The second-order valence-corrected chi connectivity index (χ2v) is 28.3. The molecule has 0 saturated heterocycles. The van der Waals surface area contributed by atoms with E-state index in [2.05, 4.69) is 0 Å². The van der Waals surface area contributed by atoms with E-state index in [9.17, 15) is 0 Å². The van der Waals surface area contributed by atoms with Crippen LogP contribution < -0.4 is 15.6 Å². The molecule has 0 N–H and O–H groups in total. The molecule has 0 radical (unpaired) electrons. The van der Waals surface area contributed by atoms with Crippen molar-refractivity contribution in [2.45, 2.75) is 0 Å². The van der Waals surface area contributed by atoms with Crippen LogP contribution in [-0.2, 0) is 0 Å². The first-order valence-electron chi connectivity index (χ1n) is 4.19. The third-order valence-electron chi connectivity index (χ3n) is 1.96. The van der Waals surface area contributed by atoms with Crippen molar-refractivity contribution in [1.29, 1.82) is 0 Å². The molecular weight excluding hydrogens is 475 g/mol. The third kappa shape index (κ3) is 4.75. The van der Waals surface area contributed by atoms with Crippen LogP contribution in [0.15, 0.2) is 18.2 Å². The number of benzene rings is 1. The fourth-order valence-electron chi connectivity index (χ4n) is 1.33. The molecule has 0 nitrogen and oxygen atoms in total. The summed E-state index contributed by atoms with van der Waals surface area (Å²) < 4.78 is 0. The molecule has 0 aliphatic heterocycles. The van der Waals surface area contributed by atoms with Gasteiger partial charge in [-0.15, -0.1) is 99.7 Å². The Morgan fingerprint density at radius 1 is 0.556 bits per heavy atom. The number of rotatable bonds is 3. The largest absolute Gasteiger partial charge is 0.372 e. The topological polar surface area (TPSA) is 0 Å². The van der Waals surface area contributed by atoms with Gasteiger partial charge in [0, 0.05) is 0 Å². The summed E-state index contributed by atoms with van der Waals surface area (Å²) in [4.78, 5) is 0. The van der Waals surface area contributed by atoms with Crippen LogP contribution in [-0.4, -0.2) is 18.0 Å². The van der Waals surface area contributed by atoms with Crippen molar-refractivity contribution < 1.29 is 0 Å². The maximum absolute atomic E-state index is 6.04. The van der Waals surface area contributed by atoms with Crippen molar-refractivity contribution in [3.05, 3.63) is 18.2 Å². The Morgan fingerprint density at radius 2 is 0.889 bits per heavy atom. The molecule has 1 aromatic carbocycles. The number of hydrogen-bond donors (Lipinski definition) is 0. The molecule has 102 valence electrons. The second kappa shape index (κ2) is 6.31. The third-order valence-corrected chi connectivity index (χ3v) is 11.0. The molecule has 18 heavy (non-hydrogen) atoms. The number of hydrogen-bond acceptors (Lipinski definition) is 0. The molecule has 1 aromatic rings. The highest BCUT2D eigenvalue weighted by atomic mass is 35.9. The van der Waals surface area contributed by atoms with Gasteiger partial charge >= 0.3 is 18.0 Å². The number of halogens is 9. The van der Waals surface area contributed by atoms with Gasteiger partial charge in [0.2, 0.25) is 0 Å². The van der Waals surface area contributed by atoms with Crippen LogP contribution in [0.2, 0.25) is 0 Å². The van der Waals surface area contributed by atoms with Crippen LogP contribution in [0.1, 0.15) is 0 Å². The van der Waals surface area contributed by atoms with Gasteiger partial charge in [-0.2, -0.15) is 0 Å². The van der Waals surface area contributed by atoms with Gasteiger partial charge in [0.05, 0.1) is 0 Å². The minimum absolute atomic E-state index is 0.299. The SMILES string of the molecule is Cl[Si](Cl)(Cl)c1cccc([Si](Cl)(Cl)Cl)c1[Si](Cl)(Cl)Cl. The van der Waals surface area contributed by atoms with Crippen LogP contribution in [0.3, 0.4) is 0 Å². The summed E-state index contributed by atoms with van der Waals surface area (Å²) in [6, 6.07) is -5.05. The van der Waals surface area contributed by atoms with Crippen molar-refractivity contribution in [2.75, 3.05) is 0 Å². The normalized spacial score (nSPS) is 13.8. The van der Waals surface area contributed by atoms with Gasteiger partial charge in [0.15, 0.2) is 0 Å². The summed E-state index contributed by atoms with van der Waals surface area (Å²) in [6.45, 7) is 0. The summed E-state index contributed by atoms with van der Waals surface area (Å²) in [5.74, 6) is 0. The van der Waals surface area contributed by atoms with Gasteiger partial charge in [-0.1, -0.05) is 18.2 Å². The molecule has 0 heterocycles. The van der Waals surface area contributed by atoms with E-state index in [0.29, 0.717) is 15.6 Å². The Bertz CT molecular complexity index is 411. The zero-order chi connectivity index (χ0) is 14.4. The summed E-state index contributed by atoms with van der Waals surface area (Å²) in [5.41, 5.74) is 0. The van der Waals surface area contributed by atoms with Crippen molar-refractivity contribution in [2.24, 2.45) is 0 Å². The monoisotopic (exact) mass is 474 g/mol. The lowest BCUT2D eigenvalue weighted by atomic mass is 10.3. The van der Waals surface area contributed by atoms with Crippen LogP contribution in [0.25, 0.3) is 0 Å². The Hall–Kier alpha value is 2.48. The van der Waals surface area contributed by atoms with E-state index >= 15 is 0 Å². The van der Waals surface area contributed by atoms with Gasteiger partial charge in [0.25, 0.3) is 0 Å². The molecule has 12 heteroatoms. The fourth-order valence-corrected chi connectivity index (χ4v) is 13.4. The zero-order valence-corrected chi connectivity index (χ0v) is 17.9. The average molecular weight is 478 g/mol. The summed E-state index contributed by atoms with van der Waals surface area (Å²) in [7, 11) is 0. The van der Waals surface area contributed by atoms with Gasteiger partial charge in [0.1, 0.15) is 0 Å². The summed E-state index contributed by atoms with van der Waals surface area (Å²) in [6.07, 6.45) is 0. The van der Waals surface area contributed by atoms with E-state index in [1.807, 2.05) is 0 Å². The minimum atomic E-state index is -3.36. The minimum Gasteiger partial charge on any atom is -0.121 e. The van der Waals surface area contributed by atoms with Crippen molar-refractivity contribution in [1.82, 2.24) is 0 Å². The van der Waals surface area contributed by atoms with E-state index in [0.717, 1.165) is 0 Å². The van der Waals surface area contributed by atoms with Gasteiger partial charge in [-0.05, 0) is 15.6 Å². The molecule has 0 amide bonds. The lowest BCUT2D eigenvalue weighted by Crippen LogP contribution is -2.61. The smallest absolute Gasteiger partial charge is 0.121 e. The molecule has 1 rings (SSSR count). The molecule has 0 bridgehead atoms. The molecule has 0 spiro atoms. The predicted octanol–water partition coefficient (Wildman–Crippen LogP) is 4.27. The fraction of sp³-hybridized carbons (Fsp3) is 0. The highest BCUT2D eigenvalue weighted by molar-refractivity contribution is 7.76. The Labute approximate surface area is 150 Å². The molecular formula is C6H3Cl9Si3. The lowest BCUT2D eigenvalue weighted by Gasteiger charge is -2.24. The quantitative estimate of drug-likeness (QED) is 0.450. The highest BCUT2D eigenvalue weighted by Gasteiger charge is 2.45. The van der Waals surface area contributed by atoms with Crippen LogP contribution in [0.4, 0.5) is 0 Å². The lowest BCUT2D eigenvalue weighted by molar-refractivity contribution is 1.87. The highest BCUT2D eigenvalue weighted by Crippen LogP contribution is 2.27. The zero-order valence-electron chi connectivity index (χ0n) is 8.13. The molecule has 0 fully saturated rings. The Morgan fingerprint density at radius 3 is 1.11 bits per heavy atom. The Kier molecular flexibility index (Phi) is 6.49. The summed E-state index contributed by atoms with van der Waals surface area (Å²) >= 11 is 54.1. The Balaban J connectivity index is 3.68. The molecule has 0 atom stereocenters. The molecule has 0 unspecified atom stereocenters. The maximum atomic E-state index is 6.04. The van der Waals surface area contributed by atoms with Gasteiger partial charge in [-0.25, -0.2) is 0 Å². The molecule has 0 saturated carbocycles. The van der Waals surface area contributed by atoms with Crippen LogP contribution >= 0.6 is 99.7 Å².